The van der Waals surface area contributed by atoms with Gasteiger partial charge in [0.15, 0.2) is 5.82 Å². The predicted molar refractivity (Wildman–Crippen MR) is 156 cm³/mol. The highest BCUT2D eigenvalue weighted by molar-refractivity contribution is 6.32. The molecule has 0 aliphatic heterocycles. The number of hydrogen-bond acceptors (Lipinski definition) is 7. The van der Waals surface area contributed by atoms with Gasteiger partial charge in [-0.2, -0.15) is 13.2 Å². The number of ether oxygens (including phenoxy) is 3. The van der Waals surface area contributed by atoms with E-state index in [1.807, 2.05) is 23.6 Å². The zero-order valence-corrected chi connectivity index (χ0v) is 23.7. The van der Waals surface area contributed by atoms with Crippen LogP contribution in [0.25, 0.3) is 11.0 Å². The van der Waals surface area contributed by atoms with E-state index < -0.39 is 17.7 Å². The van der Waals surface area contributed by atoms with Crippen molar-refractivity contribution in [1.29, 1.82) is 0 Å². The van der Waals surface area contributed by atoms with E-state index in [1.165, 1.54) is 18.5 Å². The molecule has 5 rings (SSSR count). The van der Waals surface area contributed by atoms with E-state index in [0.29, 0.717) is 30.2 Å². The summed E-state index contributed by atoms with van der Waals surface area (Å²) < 4.78 is 57.8. The number of benzene rings is 3. The smallest absolute Gasteiger partial charge is 0.416 e. The van der Waals surface area contributed by atoms with Crippen LogP contribution in [0, 0.1) is 6.92 Å². The summed E-state index contributed by atoms with van der Waals surface area (Å²) >= 11 is 6.42. The lowest BCUT2D eigenvalue weighted by molar-refractivity contribution is -0.137. The van der Waals surface area contributed by atoms with E-state index in [0.717, 1.165) is 28.9 Å². The second-order valence-electron chi connectivity index (χ2n) is 9.41. The van der Waals surface area contributed by atoms with E-state index in [2.05, 4.69) is 15.3 Å². The first-order valence-corrected chi connectivity index (χ1v) is 13.6. The van der Waals surface area contributed by atoms with Gasteiger partial charge in [0.25, 0.3) is 0 Å². The lowest BCUT2D eigenvalue weighted by Crippen LogP contribution is -2.14. The summed E-state index contributed by atoms with van der Waals surface area (Å²) in [6, 6.07) is 20.1. The molecule has 0 fully saturated rings. The maximum absolute atomic E-state index is 13.1. The van der Waals surface area contributed by atoms with Crippen molar-refractivity contribution in [3.63, 3.8) is 0 Å². The van der Waals surface area contributed by atoms with E-state index >= 15 is 0 Å². The van der Waals surface area contributed by atoms with Crippen LogP contribution >= 0.6 is 11.6 Å². The number of esters is 1. The minimum Gasteiger partial charge on any atom is -0.460 e. The molecule has 12 heteroatoms. The topological polar surface area (TPSA) is 87.5 Å². The Morgan fingerprint density at radius 2 is 1.77 bits per heavy atom. The van der Waals surface area contributed by atoms with Crippen LogP contribution in [0.4, 0.5) is 24.7 Å². The summed E-state index contributed by atoms with van der Waals surface area (Å²) in [5, 5.41) is 3.44. The Balaban J connectivity index is 1.22. The first-order chi connectivity index (χ1) is 20.7. The molecule has 5 aromatic rings. The number of aryl methyl sites for hydroxylation is 1. The maximum Gasteiger partial charge on any atom is 0.416 e. The quantitative estimate of drug-likeness (QED) is 0.120. The summed E-state index contributed by atoms with van der Waals surface area (Å²) in [5.41, 5.74) is 2.67. The third kappa shape index (κ3) is 7.43. The van der Waals surface area contributed by atoms with Gasteiger partial charge in [-0.05, 0) is 61.5 Å². The molecule has 2 aromatic heterocycles. The number of alkyl halides is 3. The molecule has 2 heterocycles. The molecule has 1 N–H and O–H groups in total. The van der Waals surface area contributed by atoms with E-state index in [1.54, 1.807) is 42.5 Å². The molecular formula is C31H26ClF3N4O4. The van der Waals surface area contributed by atoms with Crippen molar-refractivity contribution in [1.82, 2.24) is 14.5 Å². The fourth-order valence-corrected chi connectivity index (χ4v) is 4.58. The van der Waals surface area contributed by atoms with Crippen LogP contribution < -0.4 is 10.1 Å². The highest BCUT2D eigenvalue weighted by Gasteiger charge is 2.30. The Bertz CT molecular complexity index is 1730. The highest BCUT2D eigenvalue weighted by atomic mass is 35.5. The number of nitrogens with one attached hydrogen (secondary N) is 1. The number of rotatable bonds is 11. The Morgan fingerprint density at radius 3 is 2.53 bits per heavy atom. The molecule has 222 valence electrons. The van der Waals surface area contributed by atoms with Gasteiger partial charge < -0.3 is 24.1 Å². The fourth-order valence-electron chi connectivity index (χ4n) is 4.37. The summed E-state index contributed by atoms with van der Waals surface area (Å²) in [5.74, 6) is 0.335. The van der Waals surface area contributed by atoms with Crippen LogP contribution in [0.3, 0.4) is 0 Å². The Hall–Kier alpha value is -4.61. The molecule has 0 aliphatic carbocycles. The molecule has 0 radical (unpaired) electrons. The zero-order chi connectivity index (χ0) is 30.4. The minimum absolute atomic E-state index is 0.0137. The molecule has 0 bridgehead atoms. The number of hydrogen-bond donors (Lipinski definition) is 1. The van der Waals surface area contributed by atoms with Gasteiger partial charge in [-0.25, -0.2) is 14.8 Å². The first-order valence-electron chi connectivity index (χ1n) is 13.2. The highest BCUT2D eigenvalue weighted by Crippen LogP contribution is 2.36. The summed E-state index contributed by atoms with van der Waals surface area (Å²) in [6.45, 7) is 3.17. The van der Waals surface area contributed by atoms with Gasteiger partial charge >= 0.3 is 12.1 Å². The predicted octanol–water partition coefficient (Wildman–Crippen LogP) is 7.82. The van der Waals surface area contributed by atoms with E-state index in [4.69, 9.17) is 25.8 Å². The first kappa shape index (κ1) is 29.9. The lowest BCUT2D eigenvalue weighted by Gasteiger charge is -2.14. The van der Waals surface area contributed by atoms with Gasteiger partial charge in [-0.15, -0.1) is 0 Å². The number of nitrogens with zero attached hydrogens (tertiary/aromatic N) is 3. The van der Waals surface area contributed by atoms with Crippen molar-refractivity contribution >= 4 is 40.1 Å². The van der Waals surface area contributed by atoms with Crippen LogP contribution in [-0.4, -0.2) is 40.3 Å². The van der Waals surface area contributed by atoms with Crippen molar-refractivity contribution in [2.45, 2.75) is 19.6 Å². The molecule has 0 saturated heterocycles. The van der Waals surface area contributed by atoms with Crippen LogP contribution in [0.15, 0.2) is 85.2 Å². The number of anilines is 2. The lowest BCUT2D eigenvalue weighted by atomic mass is 10.2. The van der Waals surface area contributed by atoms with Gasteiger partial charge in [0.1, 0.15) is 29.9 Å². The molecular weight excluding hydrogens is 585 g/mol. The van der Waals surface area contributed by atoms with E-state index in [9.17, 15) is 18.0 Å². The van der Waals surface area contributed by atoms with Gasteiger partial charge in [0, 0.05) is 17.9 Å². The molecule has 0 saturated carbocycles. The molecule has 0 spiro atoms. The van der Waals surface area contributed by atoms with Crippen molar-refractivity contribution in [2.75, 3.05) is 25.1 Å². The minimum atomic E-state index is -4.49. The van der Waals surface area contributed by atoms with Crippen molar-refractivity contribution in [3.05, 3.63) is 107 Å². The third-order valence-corrected chi connectivity index (χ3v) is 6.70. The second-order valence-corrected chi connectivity index (χ2v) is 9.81. The Labute approximate surface area is 250 Å². The zero-order valence-electron chi connectivity index (χ0n) is 22.9. The molecule has 43 heavy (non-hydrogen) atoms. The van der Waals surface area contributed by atoms with Crippen LogP contribution in [0.2, 0.25) is 5.02 Å². The Kier molecular flexibility index (Phi) is 9.13. The second kappa shape index (κ2) is 13.1. The molecule has 0 amide bonds. The fraction of sp³-hybridized carbons (Fsp3) is 0.194. The number of halogens is 4. The monoisotopic (exact) mass is 610 g/mol. The average molecular weight is 611 g/mol. The van der Waals surface area contributed by atoms with Crippen molar-refractivity contribution < 1.29 is 32.2 Å². The molecule has 0 aliphatic rings. The molecule has 3 aromatic carbocycles. The van der Waals surface area contributed by atoms with Crippen LogP contribution in [-0.2, 0) is 22.2 Å². The summed E-state index contributed by atoms with van der Waals surface area (Å²) in [4.78, 5) is 20.8. The molecule has 0 unspecified atom stereocenters. The standard InChI is InChI=1S/C31H26ClF3N4O4/c1-20-16-26-28(39(20)12-13-41-14-15-42-30(40)21-6-3-2-4-7-21)29(37-19-36-26)38-23-10-11-27(25(32)18-23)43-24-9-5-8-22(17-24)31(33,34)35/h2-11,16-19H,12-15H2,1H3,(H,36,37,38). The van der Waals surface area contributed by atoms with Crippen molar-refractivity contribution in [3.8, 4) is 11.5 Å². The summed E-state index contributed by atoms with van der Waals surface area (Å²) in [6.07, 6.45) is -3.04. The Morgan fingerprint density at radius 1 is 0.953 bits per heavy atom. The number of fused-ring (bicyclic) bond motifs is 1. The van der Waals surface area contributed by atoms with Gasteiger partial charge in [-0.1, -0.05) is 35.9 Å². The average Bonchev–Trinajstić information content (AvgIpc) is 3.32. The number of carbonyl (C=O) groups is 1. The normalized spacial score (nSPS) is 11.5. The van der Waals surface area contributed by atoms with Gasteiger partial charge in [0.2, 0.25) is 0 Å². The van der Waals surface area contributed by atoms with E-state index in [-0.39, 0.29) is 29.7 Å². The number of carbonyl (C=O) groups excluding carboxylic acids is 1. The molecule has 8 nitrogen and oxygen atoms in total. The van der Waals surface area contributed by atoms with Crippen LogP contribution in [0.5, 0.6) is 11.5 Å². The maximum atomic E-state index is 13.1. The largest absolute Gasteiger partial charge is 0.460 e. The van der Waals surface area contributed by atoms with Gasteiger partial charge in [0.05, 0.1) is 34.9 Å². The molecule has 0 atom stereocenters. The SMILES string of the molecule is Cc1cc2ncnc(Nc3ccc(Oc4cccc(C(F)(F)F)c4)c(Cl)c3)c2n1CCOCCOC(=O)c1ccccc1. The summed E-state index contributed by atoms with van der Waals surface area (Å²) in [7, 11) is 0. The van der Waals surface area contributed by atoms with Crippen LogP contribution in [0.1, 0.15) is 21.6 Å². The van der Waals surface area contributed by atoms with Gasteiger partial charge in [-0.3, -0.25) is 0 Å². The van der Waals surface area contributed by atoms with Crippen molar-refractivity contribution in [2.24, 2.45) is 0 Å². The third-order valence-electron chi connectivity index (χ3n) is 6.41. The number of aromatic nitrogens is 3.